The van der Waals surface area contributed by atoms with E-state index in [2.05, 4.69) is 9.47 Å². The average molecular weight is 253 g/mol. The Kier molecular flexibility index (Phi) is 4.06. The van der Waals surface area contributed by atoms with Gasteiger partial charge in [0, 0.05) is 6.42 Å². The second kappa shape index (κ2) is 4.83. The Balaban J connectivity index is 2.76. The highest BCUT2D eigenvalue weighted by Crippen LogP contribution is 2.41. The minimum atomic E-state index is -3.01. The van der Waals surface area contributed by atoms with Crippen LogP contribution in [-0.2, 0) is 14.3 Å². The lowest BCUT2D eigenvalue weighted by molar-refractivity contribution is -0.282. The summed E-state index contributed by atoms with van der Waals surface area (Å²) in [6.45, 7) is 1.79. The van der Waals surface area contributed by atoms with Crippen LogP contribution in [0.3, 0.4) is 0 Å². The molecule has 5 nitrogen and oxygen atoms in total. The number of nitrogens with two attached hydrogens (primary N) is 1. The van der Waals surface area contributed by atoms with E-state index in [4.69, 9.17) is 10.8 Å². The van der Waals surface area contributed by atoms with Crippen molar-refractivity contribution in [3.05, 3.63) is 0 Å². The summed E-state index contributed by atoms with van der Waals surface area (Å²) in [5.41, 5.74) is 5.46. The zero-order chi connectivity index (χ0) is 13.3. The third-order valence-electron chi connectivity index (χ3n) is 2.77. The van der Waals surface area contributed by atoms with Crippen molar-refractivity contribution < 1.29 is 28.2 Å². The minimum Gasteiger partial charge on any atom is -0.421 e. The van der Waals surface area contributed by atoms with Gasteiger partial charge in [-0.25, -0.2) is 4.39 Å². The molecule has 1 aliphatic rings. The van der Waals surface area contributed by atoms with Crippen molar-refractivity contribution in [3.8, 4) is 0 Å². The molecule has 2 unspecified atom stereocenters. The Morgan fingerprint density at radius 3 is 2.65 bits per heavy atom. The van der Waals surface area contributed by atoms with E-state index in [0.29, 0.717) is 0 Å². The van der Waals surface area contributed by atoms with E-state index in [0.717, 1.165) is 0 Å². The lowest BCUT2D eigenvalue weighted by atomic mass is 10.1. The molecule has 0 amide bonds. The second-order valence-corrected chi connectivity index (χ2v) is 4.40. The molecule has 17 heavy (non-hydrogen) atoms. The molecule has 0 aliphatic carbocycles. The van der Waals surface area contributed by atoms with Crippen molar-refractivity contribution in [2.75, 3.05) is 13.2 Å². The van der Waals surface area contributed by atoms with Gasteiger partial charge in [0.25, 0.3) is 0 Å². The van der Waals surface area contributed by atoms with E-state index in [1.54, 1.807) is 13.8 Å². The van der Waals surface area contributed by atoms with Gasteiger partial charge >= 0.3 is 17.7 Å². The zero-order valence-corrected chi connectivity index (χ0v) is 9.78. The lowest BCUT2D eigenvalue weighted by Crippen LogP contribution is -2.52. The van der Waals surface area contributed by atoms with Gasteiger partial charge in [-0.15, -0.1) is 0 Å². The van der Waals surface area contributed by atoms with Gasteiger partial charge in [-0.05, 0) is 5.92 Å². The molecule has 100 valence electrons. The number of ether oxygens (including phenoxy) is 2. The molecule has 1 saturated heterocycles. The summed E-state index contributed by atoms with van der Waals surface area (Å²) in [6.07, 6.45) is -0.472. The number of aliphatic hydroxyl groups excluding tert-OH is 1. The molecular weight excluding hydrogens is 236 g/mol. The van der Waals surface area contributed by atoms with E-state index in [9.17, 15) is 13.6 Å². The fourth-order valence-corrected chi connectivity index (χ4v) is 1.43. The predicted octanol–water partition coefficient (Wildman–Crippen LogP) is 0.257. The Hall–Kier alpha value is -0.790. The van der Waals surface area contributed by atoms with E-state index < -0.39 is 36.7 Å². The molecule has 0 aromatic rings. The Bertz CT molecular complexity index is 302. The first-order valence-corrected chi connectivity index (χ1v) is 5.37. The van der Waals surface area contributed by atoms with Gasteiger partial charge in [0.05, 0.1) is 6.61 Å². The highest BCUT2D eigenvalue weighted by molar-refractivity contribution is 5.76. The summed E-state index contributed by atoms with van der Waals surface area (Å²) >= 11 is 0. The first-order valence-electron chi connectivity index (χ1n) is 5.37. The Morgan fingerprint density at radius 2 is 2.18 bits per heavy atom. The summed E-state index contributed by atoms with van der Waals surface area (Å²) in [5.74, 6) is -7.31. The molecule has 1 aliphatic heterocycles. The van der Waals surface area contributed by atoms with Crippen LogP contribution in [0.15, 0.2) is 0 Å². The van der Waals surface area contributed by atoms with Crippen molar-refractivity contribution >= 4 is 5.97 Å². The molecule has 0 aromatic carbocycles. The Morgan fingerprint density at radius 1 is 1.59 bits per heavy atom. The molecule has 0 bridgehead atoms. The van der Waals surface area contributed by atoms with Crippen LogP contribution in [0, 0.1) is 5.92 Å². The van der Waals surface area contributed by atoms with Crippen LogP contribution in [0.2, 0.25) is 0 Å². The molecule has 1 fully saturated rings. The fraction of sp³-hybridized carbons (Fsp3) is 0.900. The lowest BCUT2D eigenvalue weighted by Gasteiger charge is -2.30. The third-order valence-corrected chi connectivity index (χ3v) is 2.77. The zero-order valence-electron chi connectivity index (χ0n) is 9.78. The third kappa shape index (κ3) is 2.56. The summed E-state index contributed by atoms with van der Waals surface area (Å²) in [7, 11) is 0. The molecular formula is C10H17F2NO4. The minimum absolute atomic E-state index is 0.267. The smallest absolute Gasteiger partial charge is 0.326 e. The molecule has 0 spiro atoms. The molecule has 0 aromatic heterocycles. The first kappa shape index (κ1) is 14.3. The van der Waals surface area contributed by atoms with Crippen molar-refractivity contribution in [1.29, 1.82) is 0 Å². The van der Waals surface area contributed by atoms with Gasteiger partial charge < -0.3 is 20.3 Å². The fourth-order valence-electron chi connectivity index (χ4n) is 1.43. The topological polar surface area (TPSA) is 81.8 Å². The number of hydrogen-bond donors (Lipinski definition) is 2. The van der Waals surface area contributed by atoms with Crippen LogP contribution >= 0.6 is 0 Å². The van der Waals surface area contributed by atoms with Gasteiger partial charge in [0.2, 0.25) is 0 Å². The molecule has 3 atom stereocenters. The maximum absolute atomic E-state index is 14.1. The van der Waals surface area contributed by atoms with E-state index >= 15 is 0 Å². The Labute approximate surface area is 97.9 Å². The van der Waals surface area contributed by atoms with Crippen molar-refractivity contribution in [3.63, 3.8) is 0 Å². The monoisotopic (exact) mass is 253 g/mol. The number of rotatable bonds is 4. The maximum Gasteiger partial charge on any atom is 0.326 e. The van der Waals surface area contributed by atoms with E-state index in [-0.39, 0.29) is 12.5 Å². The number of alkyl halides is 2. The number of carbonyl (C=O) groups is 1. The molecule has 3 N–H and O–H groups in total. The highest BCUT2D eigenvalue weighted by atomic mass is 19.2. The van der Waals surface area contributed by atoms with Crippen molar-refractivity contribution in [2.24, 2.45) is 11.7 Å². The quantitative estimate of drug-likeness (QED) is 0.702. The van der Waals surface area contributed by atoms with Crippen LogP contribution in [0.4, 0.5) is 8.78 Å². The van der Waals surface area contributed by atoms with Crippen LogP contribution in [-0.4, -0.2) is 42.0 Å². The normalized spacial score (nSPS) is 35.0. The molecule has 7 heteroatoms. The van der Waals surface area contributed by atoms with Crippen molar-refractivity contribution in [2.45, 2.75) is 38.0 Å². The summed E-state index contributed by atoms with van der Waals surface area (Å²) in [5, 5.41) is 8.76. The summed E-state index contributed by atoms with van der Waals surface area (Å²) in [4.78, 5) is 11.5. The average Bonchev–Trinajstić information content (AvgIpc) is 2.54. The largest absolute Gasteiger partial charge is 0.421 e. The first-order chi connectivity index (χ1) is 7.76. The van der Waals surface area contributed by atoms with Crippen LogP contribution in [0.1, 0.15) is 20.3 Å². The molecule has 1 heterocycles. The summed E-state index contributed by atoms with van der Waals surface area (Å²) in [6, 6.07) is -1.05. The highest BCUT2D eigenvalue weighted by Gasteiger charge is 2.62. The second-order valence-electron chi connectivity index (χ2n) is 4.40. The predicted molar refractivity (Wildman–Crippen MR) is 54.2 cm³/mol. The molecule has 0 saturated carbocycles. The van der Waals surface area contributed by atoms with Gasteiger partial charge in [-0.3, -0.25) is 4.79 Å². The van der Waals surface area contributed by atoms with E-state index in [1.165, 1.54) is 0 Å². The SMILES string of the molecule is CC(C)[C@H](N)C(=O)OC1(F)CCOC1(F)CO. The number of carbonyl (C=O) groups excluding carboxylic acids is 1. The molecule has 0 radical (unpaired) electrons. The van der Waals surface area contributed by atoms with Gasteiger partial charge in [0.1, 0.15) is 12.6 Å². The van der Waals surface area contributed by atoms with Crippen LogP contribution in [0.5, 0.6) is 0 Å². The maximum atomic E-state index is 14.1. The van der Waals surface area contributed by atoms with Crippen LogP contribution < -0.4 is 5.73 Å². The number of hydrogen-bond acceptors (Lipinski definition) is 5. The number of aliphatic hydroxyl groups is 1. The number of esters is 1. The van der Waals surface area contributed by atoms with Gasteiger partial charge in [-0.2, -0.15) is 4.39 Å². The summed E-state index contributed by atoms with van der Waals surface area (Å²) < 4.78 is 36.7. The van der Waals surface area contributed by atoms with Gasteiger partial charge in [-0.1, -0.05) is 13.8 Å². The number of halogens is 2. The van der Waals surface area contributed by atoms with Crippen LogP contribution in [0.25, 0.3) is 0 Å². The standard InChI is InChI=1S/C10H17F2NO4/c1-6(2)7(13)8(15)17-9(11)3-4-16-10(9,12)5-14/h6-7,14H,3-5,13H2,1-2H3/t7-,9?,10?/m0/s1. The molecule has 1 rings (SSSR count). The van der Waals surface area contributed by atoms with Crippen molar-refractivity contribution in [1.82, 2.24) is 0 Å². The van der Waals surface area contributed by atoms with E-state index in [1.807, 2.05) is 0 Å². The van der Waals surface area contributed by atoms with Gasteiger partial charge in [0.15, 0.2) is 0 Å².